The number of benzene rings is 1. The van der Waals surface area contributed by atoms with Crippen molar-refractivity contribution in [3.63, 3.8) is 0 Å². The number of anilines is 1. The van der Waals surface area contributed by atoms with Crippen LogP contribution in [-0.2, 0) is 4.79 Å². The summed E-state index contributed by atoms with van der Waals surface area (Å²) in [5.41, 5.74) is 5.43. The van der Waals surface area contributed by atoms with Crippen LogP contribution in [0.3, 0.4) is 0 Å². The molecule has 0 aromatic heterocycles. The minimum absolute atomic E-state index is 0.0845. The number of carboxylic acids is 1. The monoisotopic (exact) mass is 185 g/mol. The Morgan fingerprint density at radius 3 is 2.85 bits per heavy atom. The molecule has 0 bridgehead atoms. The smallest absolute Gasteiger partial charge is 0.341 e. The van der Waals surface area contributed by atoms with E-state index in [0.717, 1.165) is 12.1 Å². The van der Waals surface area contributed by atoms with E-state index in [9.17, 15) is 9.18 Å². The van der Waals surface area contributed by atoms with Crippen molar-refractivity contribution in [2.45, 2.75) is 0 Å². The van der Waals surface area contributed by atoms with Gasteiger partial charge in [-0.1, -0.05) is 0 Å². The van der Waals surface area contributed by atoms with Gasteiger partial charge in [0.2, 0.25) is 0 Å². The molecular formula is C8H8FNO3. The zero-order valence-corrected chi connectivity index (χ0v) is 6.66. The second kappa shape index (κ2) is 3.75. The van der Waals surface area contributed by atoms with E-state index < -0.39 is 18.4 Å². The van der Waals surface area contributed by atoms with Gasteiger partial charge in [0, 0.05) is 6.07 Å². The lowest BCUT2D eigenvalue weighted by Crippen LogP contribution is -2.10. The first-order valence-electron chi connectivity index (χ1n) is 3.49. The molecule has 1 aromatic carbocycles. The molecule has 0 saturated heterocycles. The van der Waals surface area contributed by atoms with Crippen LogP contribution in [0.25, 0.3) is 0 Å². The summed E-state index contributed by atoms with van der Waals surface area (Å²) in [6, 6.07) is 3.50. The SMILES string of the molecule is Nc1cc(F)ccc1OCC(=O)O. The first-order valence-corrected chi connectivity index (χ1v) is 3.49. The summed E-state index contributed by atoms with van der Waals surface area (Å²) in [5.74, 6) is -1.42. The highest BCUT2D eigenvalue weighted by atomic mass is 19.1. The van der Waals surface area contributed by atoms with Crippen LogP contribution in [0.4, 0.5) is 10.1 Å². The Bertz CT molecular complexity index is 327. The average molecular weight is 185 g/mol. The maximum absolute atomic E-state index is 12.5. The van der Waals surface area contributed by atoms with E-state index in [1.54, 1.807) is 0 Å². The van der Waals surface area contributed by atoms with Crippen LogP contribution in [0.2, 0.25) is 0 Å². The summed E-state index contributed by atoms with van der Waals surface area (Å²) in [4.78, 5) is 10.1. The highest BCUT2D eigenvalue weighted by molar-refractivity contribution is 5.69. The number of halogens is 1. The Morgan fingerprint density at radius 1 is 1.62 bits per heavy atom. The van der Waals surface area contributed by atoms with Gasteiger partial charge in [0.25, 0.3) is 0 Å². The molecule has 1 aromatic rings. The molecule has 0 amide bonds. The number of hydrogen-bond acceptors (Lipinski definition) is 3. The Labute approximate surface area is 73.7 Å². The van der Waals surface area contributed by atoms with Crippen LogP contribution in [-0.4, -0.2) is 17.7 Å². The van der Waals surface area contributed by atoms with Gasteiger partial charge in [-0.25, -0.2) is 9.18 Å². The van der Waals surface area contributed by atoms with Crippen LogP contribution in [0, 0.1) is 5.82 Å². The second-order valence-corrected chi connectivity index (χ2v) is 2.36. The number of ether oxygens (including phenoxy) is 1. The number of hydrogen-bond donors (Lipinski definition) is 2. The summed E-state index contributed by atoms with van der Waals surface area (Å²) in [6.45, 7) is -0.490. The van der Waals surface area contributed by atoms with Gasteiger partial charge in [0.05, 0.1) is 5.69 Å². The molecule has 0 radical (unpaired) electrons. The van der Waals surface area contributed by atoms with Crippen LogP contribution in [0.15, 0.2) is 18.2 Å². The van der Waals surface area contributed by atoms with Gasteiger partial charge in [0.15, 0.2) is 6.61 Å². The van der Waals surface area contributed by atoms with E-state index in [2.05, 4.69) is 0 Å². The van der Waals surface area contributed by atoms with E-state index in [1.165, 1.54) is 6.07 Å². The fourth-order valence-electron chi connectivity index (χ4n) is 0.790. The maximum atomic E-state index is 12.5. The summed E-state index contributed by atoms with van der Waals surface area (Å²) in [5, 5.41) is 8.28. The van der Waals surface area contributed by atoms with Crippen LogP contribution in [0.1, 0.15) is 0 Å². The molecule has 70 valence electrons. The third-order valence-corrected chi connectivity index (χ3v) is 1.32. The van der Waals surface area contributed by atoms with Gasteiger partial charge in [-0.05, 0) is 12.1 Å². The highest BCUT2D eigenvalue weighted by Gasteiger charge is 2.03. The van der Waals surface area contributed by atoms with Crippen LogP contribution in [0.5, 0.6) is 5.75 Å². The molecule has 0 heterocycles. The fourth-order valence-corrected chi connectivity index (χ4v) is 0.790. The van der Waals surface area contributed by atoms with Crippen molar-refractivity contribution in [3.05, 3.63) is 24.0 Å². The number of carbonyl (C=O) groups is 1. The van der Waals surface area contributed by atoms with Crippen LogP contribution >= 0.6 is 0 Å². The zero-order chi connectivity index (χ0) is 9.84. The molecule has 5 heteroatoms. The summed E-state index contributed by atoms with van der Waals surface area (Å²) >= 11 is 0. The molecule has 0 saturated carbocycles. The standard InChI is InChI=1S/C8H8FNO3/c9-5-1-2-7(6(10)3-5)13-4-8(11)12/h1-3H,4,10H2,(H,11,12). The summed E-state index contributed by atoms with van der Waals surface area (Å²) in [6.07, 6.45) is 0. The third kappa shape index (κ3) is 2.62. The van der Waals surface area contributed by atoms with E-state index in [1.807, 2.05) is 0 Å². The van der Waals surface area contributed by atoms with Gasteiger partial charge >= 0.3 is 5.97 Å². The maximum Gasteiger partial charge on any atom is 0.341 e. The lowest BCUT2D eigenvalue weighted by molar-refractivity contribution is -0.139. The minimum Gasteiger partial charge on any atom is -0.480 e. The molecular weight excluding hydrogens is 177 g/mol. The average Bonchev–Trinajstić information content (AvgIpc) is 2.02. The molecule has 0 unspecified atom stereocenters. The summed E-state index contributed by atoms with van der Waals surface area (Å²) in [7, 11) is 0. The molecule has 0 aliphatic carbocycles. The zero-order valence-electron chi connectivity index (χ0n) is 6.66. The van der Waals surface area contributed by atoms with E-state index >= 15 is 0 Å². The van der Waals surface area contributed by atoms with Gasteiger partial charge in [-0.15, -0.1) is 0 Å². The number of carboxylic acid groups (broad SMARTS) is 1. The van der Waals surface area contributed by atoms with E-state index in [0.29, 0.717) is 0 Å². The number of rotatable bonds is 3. The second-order valence-electron chi connectivity index (χ2n) is 2.36. The normalized spacial score (nSPS) is 9.62. The Morgan fingerprint density at radius 2 is 2.31 bits per heavy atom. The van der Waals surface area contributed by atoms with Crippen molar-refractivity contribution >= 4 is 11.7 Å². The van der Waals surface area contributed by atoms with Gasteiger partial charge in [0.1, 0.15) is 11.6 Å². The molecule has 0 spiro atoms. The predicted octanol–water partition coefficient (Wildman–Crippen LogP) is 0.871. The van der Waals surface area contributed by atoms with Gasteiger partial charge < -0.3 is 15.6 Å². The van der Waals surface area contributed by atoms with E-state index in [4.69, 9.17) is 15.6 Å². The van der Waals surface area contributed by atoms with Crippen LogP contribution < -0.4 is 10.5 Å². The number of aliphatic carboxylic acids is 1. The van der Waals surface area contributed by atoms with Crippen molar-refractivity contribution in [1.29, 1.82) is 0 Å². The molecule has 3 N–H and O–H groups in total. The Hall–Kier alpha value is -1.78. The van der Waals surface area contributed by atoms with Crippen molar-refractivity contribution < 1.29 is 19.0 Å². The van der Waals surface area contributed by atoms with Crippen molar-refractivity contribution in [3.8, 4) is 5.75 Å². The molecule has 0 aliphatic heterocycles. The number of nitrogen functional groups attached to an aromatic ring is 1. The quantitative estimate of drug-likeness (QED) is 0.685. The first-order chi connectivity index (χ1) is 6.09. The van der Waals surface area contributed by atoms with Crippen molar-refractivity contribution in [2.75, 3.05) is 12.3 Å². The van der Waals surface area contributed by atoms with Gasteiger partial charge in [-0.3, -0.25) is 0 Å². The minimum atomic E-state index is -1.11. The van der Waals surface area contributed by atoms with E-state index in [-0.39, 0.29) is 11.4 Å². The highest BCUT2D eigenvalue weighted by Crippen LogP contribution is 2.21. The van der Waals surface area contributed by atoms with Crippen molar-refractivity contribution in [1.82, 2.24) is 0 Å². The largest absolute Gasteiger partial charge is 0.480 e. The van der Waals surface area contributed by atoms with Gasteiger partial charge in [-0.2, -0.15) is 0 Å². The first kappa shape index (κ1) is 9.31. The summed E-state index contributed by atoms with van der Waals surface area (Å²) < 4.78 is 17.3. The topological polar surface area (TPSA) is 72.5 Å². The third-order valence-electron chi connectivity index (χ3n) is 1.32. The molecule has 13 heavy (non-hydrogen) atoms. The lowest BCUT2D eigenvalue weighted by atomic mass is 10.3. The fraction of sp³-hybridized carbons (Fsp3) is 0.125. The molecule has 0 aliphatic rings. The molecule has 1 rings (SSSR count). The molecule has 0 fully saturated rings. The predicted molar refractivity (Wildman–Crippen MR) is 43.9 cm³/mol. The lowest BCUT2D eigenvalue weighted by Gasteiger charge is -2.05. The molecule has 0 atom stereocenters. The Kier molecular flexibility index (Phi) is 2.69. The molecule has 4 nitrogen and oxygen atoms in total. The van der Waals surface area contributed by atoms with Crippen molar-refractivity contribution in [2.24, 2.45) is 0 Å². The Balaban J connectivity index is 2.72. The number of nitrogens with two attached hydrogens (primary N) is 1.